The summed E-state index contributed by atoms with van der Waals surface area (Å²) >= 11 is 0. The van der Waals surface area contributed by atoms with Gasteiger partial charge in [0, 0.05) is 36.0 Å². The minimum Gasteiger partial charge on any atom is -0.444 e. The van der Waals surface area contributed by atoms with E-state index in [1.165, 1.54) is 0 Å². The normalized spacial score (nSPS) is 25.4. The molecule has 0 spiro atoms. The van der Waals surface area contributed by atoms with Crippen LogP contribution in [-0.2, 0) is 10.9 Å². The van der Waals surface area contributed by atoms with E-state index in [9.17, 15) is 22.8 Å². The van der Waals surface area contributed by atoms with E-state index in [1.54, 1.807) is 25.7 Å². The lowest BCUT2D eigenvalue weighted by Crippen LogP contribution is -2.56. The second kappa shape index (κ2) is 7.37. The van der Waals surface area contributed by atoms with Crippen molar-refractivity contribution >= 4 is 11.9 Å². The van der Waals surface area contributed by atoms with Gasteiger partial charge in [-0.15, -0.1) is 0 Å². The number of amides is 1. The van der Waals surface area contributed by atoms with Gasteiger partial charge in [-0.05, 0) is 58.9 Å². The summed E-state index contributed by atoms with van der Waals surface area (Å²) in [6, 6.07) is 0.453. The number of ketones is 1. The highest BCUT2D eigenvalue weighted by atomic mass is 19.4. The molecular formula is C20H25F3N2O3. The lowest BCUT2D eigenvalue weighted by molar-refractivity contribution is -0.138. The summed E-state index contributed by atoms with van der Waals surface area (Å²) in [6.07, 6.45) is 0.0852. The van der Waals surface area contributed by atoms with E-state index in [0.717, 1.165) is 37.7 Å². The van der Waals surface area contributed by atoms with Crippen molar-refractivity contribution in [1.82, 2.24) is 9.88 Å². The molecule has 2 saturated heterocycles. The number of hydrogen-bond acceptors (Lipinski definition) is 4. The highest BCUT2D eigenvalue weighted by Gasteiger charge is 2.45. The van der Waals surface area contributed by atoms with Crippen LogP contribution in [0.25, 0.3) is 0 Å². The number of alkyl halides is 3. The third-order valence-electron chi connectivity index (χ3n) is 5.34. The largest absolute Gasteiger partial charge is 0.444 e. The third kappa shape index (κ3) is 4.31. The quantitative estimate of drug-likeness (QED) is 0.668. The molecule has 28 heavy (non-hydrogen) atoms. The number of aromatic nitrogens is 1. The zero-order chi connectivity index (χ0) is 20.7. The van der Waals surface area contributed by atoms with Crippen LogP contribution in [0, 0.1) is 5.92 Å². The van der Waals surface area contributed by atoms with Crippen LogP contribution < -0.4 is 0 Å². The number of ether oxygens (including phenoxy) is 1. The van der Waals surface area contributed by atoms with Gasteiger partial charge in [-0.3, -0.25) is 9.78 Å². The summed E-state index contributed by atoms with van der Waals surface area (Å²) in [5.41, 5.74) is -1.97. The van der Waals surface area contributed by atoms with Gasteiger partial charge in [0.15, 0.2) is 5.78 Å². The molecule has 2 aliphatic rings. The van der Waals surface area contributed by atoms with E-state index in [-0.39, 0.29) is 17.6 Å². The monoisotopic (exact) mass is 398 g/mol. The second-order valence-electron chi connectivity index (χ2n) is 8.58. The van der Waals surface area contributed by atoms with Crippen molar-refractivity contribution in [2.45, 2.75) is 76.7 Å². The summed E-state index contributed by atoms with van der Waals surface area (Å²) < 4.78 is 45.3. The molecule has 1 amide bonds. The first-order chi connectivity index (χ1) is 13.0. The molecule has 2 bridgehead atoms. The number of Topliss-reactive ketones (excluding diaryl/α,β-unsaturated/α-hetero) is 1. The lowest BCUT2D eigenvalue weighted by Gasteiger charge is -2.48. The lowest BCUT2D eigenvalue weighted by atomic mass is 9.75. The number of piperidine rings is 2. The molecule has 0 aliphatic carbocycles. The molecular weight excluding hydrogens is 373 g/mol. The number of pyridine rings is 1. The average molecular weight is 398 g/mol. The maximum Gasteiger partial charge on any atom is 0.417 e. The highest BCUT2D eigenvalue weighted by molar-refractivity contribution is 5.99. The Morgan fingerprint density at radius 3 is 2.29 bits per heavy atom. The molecule has 3 heterocycles. The Morgan fingerprint density at radius 1 is 1.14 bits per heavy atom. The molecule has 0 radical (unpaired) electrons. The van der Waals surface area contributed by atoms with Crippen molar-refractivity contribution in [3.63, 3.8) is 0 Å². The number of nitrogens with zero attached hydrogens (tertiary/aromatic N) is 2. The average Bonchev–Trinajstić information content (AvgIpc) is 2.57. The van der Waals surface area contributed by atoms with Gasteiger partial charge in [0.25, 0.3) is 0 Å². The van der Waals surface area contributed by atoms with E-state index in [4.69, 9.17) is 4.74 Å². The Bertz CT molecular complexity index is 744. The molecule has 2 unspecified atom stereocenters. The van der Waals surface area contributed by atoms with Gasteiger partial charge < -0.3 is 9.64 Å². The number of hydrogen-bond donors (Lipinski definition) is 0. The van der Waals surface area contributed by atoms with Crippen LogP contribution in [0.15, 0.2) is 18.5 Å². The van der Waals surface area contributed by atoms with Crippen LogP contribution in [-0.4, -0.2) is 39.4 Å². The first kappa shape index (κ1) is 20.6. The number of carbonyl (C=O) groups is 2. The first-order valence-electron chi connectivity index (χ1n) is 9.54. The molecule has 154 valence electrons. The van der Waals surface area contributed by atoms with Crippen LogP contribution in [0.2, 0.25) is 0 Å². The molecule has 0 N–H and O–H groups in total. The van der Waals surface area contributed by atoms with Crippen molar-refractivity contribution in [3.05, 3.63) is 29.6 Å². The van der Waals surface area contributed by atoms with Crippen LogP contribution >= 0.6 is 0 Å². The number of carbonyl (C=O) groups excluding carboxylic acids is 2. The van der Waals surface area contributed by atoms with Gasteiger partial charge in [0.1, 0.15) is 5.60 Å². The Hall–Kier alpha value is -2.12. The van der Waals surface area contributed by atoms with E-state index < -0.39 is 35.1 Å². The van der Waals surface area contributed by atoms with E-state index in [1.807, 2.05) is 0 Å². The zero-order valence-corrected chi connectivity index (χ0v) is 16.3. The predicted octanol–water partition coefficient (Wildman–Crippen LogP) is 4.85. The fourth-order valence-electron chi connectivity index (χ4n) is 4.27. The van der Waals surface area contributed by atoms with Gasteiger partial charge in [0.2, 0.25) is 0 Å². The zero-order valence-electron chi connectivity index (χ0n) is 16.3. The molecule has 2 fully saturated rings. The molecule has 3 rings (SSSR count). The smallest absolute Gasteiger partial charge is 0.417 e. The standard InChI is InChI=1S/C20H25F3N2O3/c1-19(2,3)28-18(27)25-13-5-4-6-14(25)10-12(9-13)17(26)15-11-24-8-7-16(15)20(21,22)23/h7-8,11-14H,4-6,9-10H2,1-3H3. The molecule has 1 aromatic rings. The van der Waals surface area contributed by atoms with Gasteiger partial charge in [-0.1, -0.05) is 0 Å². The fraction of sp³-hybridized carbons (Fsp3) is 0.650. The van der Waals surface area contributed by atoms with Crippen molar-refractivity contribution in [1.29, 1.82) is 0 Å². The van der Waals surface area contributed by atoms with E-state index in [2.05, 4.69) is 4.98 Å². The Labute approximate surface area is 162 Å². The summed E-state index contributed by atoms with van der Waals surface area (Å²) in [6.45, 7) is 5.37. The Morgan fingerprint density at radius 2 is 1.75 bits per heavy atom. The first-order valence-corrected chi connectivity index (χ1v) is 9.54. The van der Waals surface area contributed by atoms with Gasteiger partial charge in [-0.2, -0.15) is 13.2 Å². The predicted molar refractivity (Wildman–Crippen MR) is 95.8 cm³/mol. The molecule has 0 saturated carbocycles. The van der Waals surface area contributed by atoms with Crippen LogP contribution in [0.4, 0.5) is 18.0 Å². The minimum absolute atomic E-state index is 0.192. The molecule has 5 nitrogen and oxygen atoms in total. The minimum atomic E-state index is -4.61. The van der Waals surface area contributed by atoms with E-state index in [0.29, 0.717) is 12.8 Å². The van der Waals surface area contributed by atoms with Crippen molar-refractivity contribution in [2.75, 3.05) is 0 Å². The molecule has 1 aromatic heterocycles. The number of rotatable bonds is 2. The number of halogens is 3. The molecule has 2 atom stereocenters. The Balaban J connectivity index is 1.81. The van der Waals surface area contributed by atoms with Crippen molar-refractivity contribution < 1.29 is 27.5 Å². The van der Waals surface area contributed by atoms with Crippen molar-refractivity contribution in [2.24, 2.45) is 5.92 Å². The van der Waals surface area contributed by atoms with Gasteiger partial charge in [0.05, 0.1) is 5.56 Å². The van der Waals surface area contributed by atoms with Crippen LogP contribution in [0.1, 0.15) is 68.8 Å². The topological polar surface area (TPSA) is 59.5 Å². The van der Waals surface area contributed by atoms with Gasteiger partial charge >= 0.3 is 12.3 Å². The number of fused-ring (bicyclic) bond motifs is 2. The highest BCUT2D eigenvalue weighted by Crippen LogP contribution is 2.40. The van der Waals surface area contributed by atoms with E-state index >= 15 is 0 Å². The van der Waals surface area contributed by atoms with Crippen molar-refractivity contribution in [3.8, 4) is 0 Å². The Kier molecular flexibility index (Phi) is 5.42. The third-order valence-corrected chi connectivity index (χ3v) is 5.34. The summed E-state index contributed by atoms with van der Waals surface area (Å²) in [5.74, 6) is -1.10. The molecule has 8 heteroatoms. The maximum absolute atomic E-state index is 13.3. The summed E-state index contributed by atoms with van der Waals surface area (Å²) in [5, 5.41) is 0. The summed E-state index contributed by atoms with van der Waals surface area (Å²) in [7, 11) is 0. The second-order valence-corrected chi connectivity index (χ2v) is 8.58. The fourth-order valence-corrected chi connectivity index (χ4v) is 4.27. The van der Waals surface area contributed by atoms with Gasteiger partial charge in [-0.25, -0.2) is 4.79 Å². The van der Waals surface area contributed by atoms with Crippen LogP contribution in [0.5, 0.6) is 0 Å². The molecule has 0 aromatic carbocycles. The summed E-state index contributed by atoms with van der Waals surface area (Å²) in [4.78, 5) is 31.0. The van der Waals surface area contributed by atoms with Crippen LogP contribution in [0.3, 0.4) is 0 Å². The molecule has 2 aliphatic heterocycles. The maximum atomic E-state index is 13.3. The SMILES string of the molecule is CC(C)(C)OC(=O)N1C2CCCC1CC(C(=O)c1cnccc1C(F)(F)F)C2.